The topological polar surface area (TPSA) is 132 Å². The highest BCUT2D eigenvalue weighted by Crippen LogP contribution is 2.33. The van der Waals surface area contributed by atoms with Crippen molar-refractivity contribution in [2.24, 2.45) is 5.92 Å². The minimum atomic E-state index is -1.25. The number of benzene rings is 1. The first-order valence-electron chi connectivity index (χ1n) is 14.2. The second kappa shape index (κ2) is 11.5. The summed E-state index contributed by atoms with van der Waals surface area (Å²) in [5.74, 6) is -0.436. The monoisotopic (exact) mass is 576 g/mol. The maximum atomic E-state index is 13.9. The van der Waals surface area contributed by atoms with Crippen LogP contribution in [0.2, 0.25) is 5.02 Å². The Morgan fingerprint density at radius 3 is 2.65 bits per heavy atom. The average Bonchev–Trinajstić information content (AvgIpc) is 3.66. The van der Waals surface area contributed by atoms with Crippen molar-refractivity contribution in [1.29, 1.82) is 0 Å². The molecule has 0 radical (unpaired) electrons. The number of aliphatic hydroxyl groups is 2. The fraction of sp³-hybridized carbons (Fsp3) is 0.679. The van der Waals surface area contributed by atoms with Gasteiger partial charge in [0.05, 0.1) is 31.3 Å². The molecule has 1 aliphatic carbocycles. The van der Waals surface area contributed by atoms with Crippen molar-refractivity contribution in [2.45, 2.75) is 74.8 Å². The molecule has 1 aromatic rings. The molecule has 4 heterocycles. The second-order valence-electron chi connectivity index (χ2n) is 11.8. The summed E-state index contributed by atoms with van der Waals surface area (Å²) in [6.45, 7) is 2.45. The van der Waals surface area contributed by atoms with Gasteiger partial charge in [0.1, 0.15) is 18.3 Å². The Balaban J connectivity index is 1.26. The Bertz CT molecular complexity index is 1140. The molecule has 6 bridgehead atoms. The molecular weight excluding hydrogens is 540 g/mol. The zero-order chi connectivity index (χ0) is 28.0. The van der Waals surface area contributed by atoms with Crippen LogP contribution in [0.3, 0.4) is 0 Å². The largest absolute Gasteiger partial charge is 0.388 e. The van der Waals surface area contributed by atoms with E-state index < -0.39 is 30.5 Å². The van der Waals surface area contributed by atoms with Gasteiger partial charge in [-0.1, -0.05) is 23.7 Å². The summed E-state index contributed by atoms with van der Waals surface area (Å²) in [7, 11) is 0. The van der Waals surface area contributed by atoms with Gasteiger partial charge in [-0.15, -0.1) is 0 Å². The number of aliphatic hydroxyl groups excluding tert-OH is 2. The Kier molecular flexibility index (Phi) is 8.04. The summed E-state index contributed by atoms with van der Waals surface area (Å²) < 4.78 is 12.0. The number of nitrogens with one attached hydrogen (secondary N) is 1. The lowest BCUT2D eigenvalue weighted by Crippen LogP contribution is -2.55. The highest BCUT2D eigenvalue weighted by atomic mass is 35.5. The fourth-order valence-corrected chi connectivity index (χ4v) is 6.68. The first-order valence-corrected chi connectivity index (χ1v) is 14.6. The van der Waals surface area contributed by atoms with Crippen molar-refractivity contribution in [2.75, 3.05) is 39.3 Å². The SMILES string of the molecule is O=C1C[C@@H]2O[C@H](CN(C(=O)C3CC3)C[C@@H]3CN(CCO3)C(=O)[C@@H]3C[C@@H](CN3Cc3cccc(Cl)c3)N1)[C@@H](O)[C@H]2O. The lowest BCUT2D eigenvalue weighted by atomic mass is 10.0. The smallest absolute Gasteiger partial charge is 0.240 e. The normalized spacial score (nSPS) is 35.6. The number of likely N-dealkylation sites (tertiary alicyclic amines) is 1. The van der Waals surface area contributed by atoms with E-state index in [1.165, 1.54) is 0 Å². The summed E-state index contributed by atoms with van der Waals surface area (Å²) in [5, 5.41) is 25.1. The van der Waals surface area contributed by atoms with E-state index in [0.717, 1.165) is 18.4 Å². The van der Waals surface area contributed by atoms with Crippen LogP contribution in [0.15, 0.2) is 24.3 Å². The number of fused-ring (bicyclic) bond motifs is 6. The molecule has 40 heavy (non-hydrogen) atoms. The van der Waals surface area contributed by atoms with Crippen LogP contribution in [0.4, 0.5) is 0 Å². The minimum Gasteiger partial charge on any atom is -0.388 e. The number of carbonyl (C=O) groups excluding carboxylic acids is 3. The van der Waals surface area contributed by atoms with Gasteiger partial charge in [-0.05, 0) is 37.0 Å². The van der Waals surface area contributed by atoms with Crippen molar-refractivity contribution in [3.05, 3.63) is 34.9 Å². The Labute approximate surface area is 238 Å². The number of hydrogen-bond acceptors (Lipinski definition) is 8. The molecule has 0 unspecified atom stereocenters. The Morgan fingerprint density at radius 1 is 1.07 bits per heavy atom. The fourth-order valence-electron chi connectivity index (χ4n) is 6.47. The Hall–Kier alpha value is -2.28. The van der Waals surface area contributed by atoms with Gasteiger partial charge in [0.15, 0.2) is 0 Å². The van der Waals surface area contributed by atoms with E-state index in [-0.39, 0.29) is 55.3 Å². The molecule has 218 valence electrons. The molecule has 1 aromatic carbocycles. The predicted molar refractivity (Wildman–Crippen MR) is 143 cm³/mol. The molecule has 3 N–H and O–H groups in total. The standard InChI is InChI=1S/C28H37ClN4O7/c29-18-3-1-2-16(8-18)11-32-12-19-9-21(32)28(38)31-6-7-39-20(13-31)14-33(27(37)17-4-5-17)15-23-26(36)25(35)22(40-23)10-24(34)30-19/h1-3,8,17,19-23,25-26,35-36H,4-7,9-15H2,(H,30,34)/t19-,20-,21-,22-,23+,25-,26+/m0/s1. The van der Waals surface area contributed by atoms with E-state index in [2.05, 4.69) is 10.2 Å². The molecule has 7 atom stereocenters. The quantitative estimate of drug-likeness (QED) is 0.449. The number of rotatable bonds is 3. The zero-order valence-corrected chi connectivity index (χ0v) is 23.1. The van der Waals surface area contributed by atoms with Crippen LogP contribution in [-0.4, -0.2) is 125 Å². The van der Waals surface area contributed by atoms with Gasteiger partial charge in [-0.25, -0.2) is 0 Å². The van der Waals surface area contributed by atoms with Crippen molar-refractivity contribution in [3.63, 3.8) is 0 Å². The molecule has 12 heteroatoms. The molecule has 4 aliphatic heterocycles. The molecule has 4 saturated heterocycles. The molecule has 5 fully saturated rings. The number of amides is 3. The summed E-state index contributed by atoms with van der Waals surface area (Å²) in [6.07, 6.45) is -2.63. The minimum absolute atomic E-state index is 0.0199. The molecule has 5 aliphatic rings. The van der Waals surface area contributed by atoms with E-state index in [0.29, 0.717) is 44.2 Å². The van der Waals surface area contributed by atoms with E-state index in [1.54, 1.807) is 15.9 Å². The van der Waals surface area contributed by atoms with Gasteiger partial charge in [0.25, 0.3) is 0 Å². The van der Waals surface area contributed by atoms with Gasteiger partial charge in [-0.2, -0.15) is 0 Å². The van der Waals surface area contributed by atoms with Crippen LogP contribution in [0.1, 0.15) is 31.2 Å². The zero-order valence-electron chi connectivity index (χ0n) is 22.4. The van der Waals surface area contributed by atoms with Gasteiger partial charge in [-0.3, -0.25) is 19.3 Å². The van der Waals surface area contributed by atoms with E-state index in [9.17, 15) is 24.6 Å². The number of ether oxygens (including phenoxy) is 2. The maximum absolute atomic E-state index is 13.9. The number of hydrogen-bond donors (Lipinski definition) is 3. The molecule has 0 aromatic heterocycles. The van der Waals surface area contributed by atoms with Crippen LogP contribution >= 0.6 is 11.6 Å². The molecular formula is C28H37ClN4O7. The molecule has 1 saturated carbocycles. The van der Waals surface area contributed by atoms with Crippen molar-refractivity contribution in [3.8, 4) is 0 Å². The van der Waals surface area contributed by atoms with E-state index >= 15 is 0 Å². The lowest BCUT2D eigenvalue weighted by molar-refractivity contribution is -0.147. The first kappa shape index (κ1) is 27.9. The van der Waals surface area contributed by atoms with Crippen molar-refractivity contribution < 1.29 is 34.1 Å². The summed E-state index contributed by atoms with van der Waals surface area (Å²) >= 11 is 6.22. The number of carbonyl (C=O) groups is 3. The summed E-state index contributed by atoms with van der Waals surface area (Å²) in [4.78, 5) is 45.7. The first-order chi connectivity index (χ1) is 19.2. The van der Waals surface area contributed by atoms with Crippen LogP contribution in [0.25, 0.3) is 0 Å². The summed E-state index contributed by atoms with van der Waals surface area (Å²) in [6, 6.07) is 6.81. The maximum Gasteiger partial charge on any atom is 0.240 e. The van der Waals surface area contributed by atoms with Crippen molar-refractivity contribution in [1.82, 2.24) is 20.0 Å². The Morgan fingerprint density at radius 2 is 1.88 bits per heavy atom. The third kappa shape index (κ3) is 6.00. The van der Waals surface area contributed by atoms with Gasteiger partial charge < -0.3 is 34.8 Å². The van der Waals surface area contributed by atoms with Gasteiger partial charge in [0, 0.05) is 56.3 Å². The van der Waals surface area contributed by atoms with Crippen molar-refractivity contribution >= 4 is 29.3 Å². The number of halogens is 1. The van der Waals surface area contributed by atoms with E-state index in [1.807, 2.05) is 18.2 Å². The molecule has 3 amide bonds. The van der Waals surface area contributed by atoms with Crippen LogP contribution < -0.4 is 5.32 Å². The third-order valence-electron chi connectivity index (χ3n) is 8.69. The average molecular weight is 577 g/mol. The second-order valence-corrected chi connectivity index (χ2v) is 12.2. The molecule has 0 spiro atoms. The van der Waals surface area contributed by atoms with Crippen LogP contribution in [0, 0.1) is 5.92 Å². The summed E-state index contributed by atoms with van der Waals surface area (Å²) in [5.41, 5.74) is 0.972. The van der Waals surface area contributed by atoms with E-state index in [4.69, 9.17) is 21.1 Å². The van der Waals surface area contributed by atoms with Crippen LogP contribution in [-0.2, 0) is 30.4 Å². The highest BCUT2D eigenvalue weighted by Gasteiger charge is 2.47. The van der Waals surface area contributed by atoms with Gasteiger partial charge in [0.2, 0.25) is 17.7 Å². The third-order valence-corrected chi connectivity index (χ3v) is 8.92. The van der Waals surface area contributed by atoms with Crippen LogP contribution in [0.5, 0.6) is 0 Å². The predicted octanol–water partition coefficient (Wildman–Crippen LogP) is -0.242. The lowest BCUT2D eigenvalue weighted by Gasteiger charge is -2.38. The van der Waals surface area contributed by atoms with Gasteiger partial charge >= 0.3 is 0 Å². The number of morpholine rings is 1. The highest BCUT2D eigenvalue weighted by molar-refractivity contribution is 6.30. The molecule has 6 rings (SSSR count). The molecule has 11 nitrogen and oxygen atoms in total. The number of nitrogens with zero attached hydrogens (tertiary/aromatic N) is 3.